The standard InChI is InChI=1S/C21H18Cl3N3O2S/c1-29-17-12-5-4-10-15(17)18(28)26-19(21(22,23)24)27-20(30)25-16-11-6-8-13-7-2-3-9-14(13)16/h2-12,19H,1H3,(H,26,28)(H2,25,27,30)/t19-/m0/s1. The highest BCUT2D eigenvalue weighted by molar-refractivity contribution is 7.80. The van der Waals surface area contributed by atoms with E-state index in [0.717, 1.165) is 16.5 Å². The summed E-state index contributed by atoms with van der Waals surface area (Å²) in [4.78, 5) is 12.7. The maximum Gasteiger partial charge on any atom is 0.256 e. The molecule has 1 atom stereocenters. The van der Waals surface area contributed by atoms with Crippen molar-refractivity contribution in [3.63, 3.8) is 0 Å². The number of carbonyl (C=O) groups excluding carboxylic acids is 1. The lowest BCUT2D eigenvalue weighted by molar-refractivity contribution is 0.0931. The molecule has 30 heavy (non-hydrogen) atoms. The first-order valence-electron chi connectivity index (χ1n) is 8.85. The number of amides is 1. The maximum absolute atomic E-state index is 12.7. The molecule has 3 N–H and O–H groups in total. The number of ether oxygens (including phenoxy) is 1. The predicted octanol–water partition coefficient (Wildman–Crippen LogP) is 5.26. The molecule has 0 aromatic heterocycles. The van der Waals surface area contributed by atoms with Gasteiger partial charge in [0.05, 0.1) is 12.7 Å². The molecule has 3 rings (SSSR count). The largest absolute Gasteiger partial charge is 0.496 e. The number of para-hydroxylation sites is 1. The first-order valence-corrected chi connectivity index (χ1v) is 10.4. The second kappa shape index (κ2) is 9.71. The minimum atomic E-state index is -1.87. The molecule has 156 valence electrons. The van der Waals surface area contributed by atoms with Crippen LogP contribution in [0.5, 0.6) is 5.75 Å². The van der Waals surface area contributed by atoms with Crippen molar-refractivity contribution in [1.29, 1.82) is 0 Å². The fraction of sp³-hybridized carbons (Fsp3) is 0.143. The van der Waals surface area contributed by atoms with Gasteiger partial charge in [0.2, 0.25) is 3.79 Å². The van der Waals surface area contributed by atoms with E-state index >= 15 is 0 Å². The van der Waals surface area contributed by atoms with E-state index in [-0.39, 0.29) is 5.11 Å². The van der Waals surface area contributed by atoms with E-state index in [4.69, 9.17) is 51.8 Å². The second-order valence-electron chi connectivity index (χ2n) is 6.27. The van der Waals surface area contributed by atoms with E-state index < -0.39 is 15.9 Å². The average Bonchev–Trinajstić information content (AvgIpc) is 2.72. The fourth-order valence-electron chi connectivity index (χ4n) is 2.86. The van der Waals surface area contributed by atoms with Crippen LogP contribution in [0.2, 0.25) is 0 Å². The van der Waals surface area contributed by atoms with Gasteiger partial charge in [-0.1, -0.05) is 83.3 Å². The van der Waals surface area contributed by atoms with Gasteiger partial charge in [-0.25, -0.2) is 0 Å². The Morgan fingerprint density at radius 2 is 1.63 bits per heavy atom. The molecule has 0 heterocycles. The molecule has 0 aliphatic carbocycles. The number of hydrogen-bond donors (Lipinski definition) is 3. The Kier molecular flexibility index (Phi) is 7.26. The topological polar surface area (TPSA) is 62.4 Å². The molecular formula is C21H18Cl3N3O2S. The zero-order valence-corrected chi connectivity index (χ0v) is 18.9. The van der Waals surface area contributed by atoms with E-state index in [9.17, 15) is 4.79 Å². The van der Waals surface area contributed by atoms with Crippen LogP contribution in [0, 0.1) is 0 Å². The SMILES string of the molecule is COc1ccccc1C(=O)N[C@@H](NC(=S)Nc1cccc2ccccc12)C(Cl)(Cl)Cl. The molecular weight excluding hydrogens is 465 g/mol. The molecule has 0 radical (unpaired) electrons. The average molecular weight is 483 g/mol. The minimum Gasteiger partial charge on any atom is -0.496 e. The molecule has 5 nitrogen and oxygen atoms in total. The summed E-state index contributed by atoms with van der Waals surface area (Å²) in [5, 5.41) is 10.8. The molecule has 0 spiro atoms. The van der Waals surface area contributed by atoms with Crippen molar-refractivity contribution in [2.24, 2.45) is 0 Å². The highest BCUT2D eigenvalue weighted by Gasteiger charge is 2.35. The molecule has 9 heteroatoms. The van der Waals surface area contributed by atoms with Gasteiger partial charge in [0.15, 0.2) is 5.11 Å². The van der Waals surface area contributed by atoms with E-state index in [1.165, 1.54) is 7.11 Å². The van der Waals surface area contributed by atoms with Gasteiger partial charge in [-0.3, -0.25) is 4.79 Å². The van der Waals surface area contributed by atoms with Crippen LogP contribution in [0.25, 0.3) is 10.8 Å². The molecule has 0 saturated carbocycles. The van der Waals surface area contributed by atoms with Gasteiger partial charge in [0.1, 0.15) is 11.9 Å². The molecule has 3 aromatic carbocycles. The Morgan fingerprint density at radius 1 is 0.967 bits per heavy atom. The second-order valence-corrected chi connectivity index (χ2v) is 9.05. The van der Waals surface area contributed by atoms with Gasteiger partial charge in [-0.2, -0.15) is 0 Å². The fourth-order valence-corrected chi connectivity index (χ4v) is 3.42. The molecule has 0 aliphatic rings. The highest BCUT2D eigenvalue weighted by Crippen LogP contribution is 2.30. The first kappa shape index (κ1) is 22.4. The summed E-state index contributed by atoms with van der Waals surface area (Å²) in [7, 11) is 1.47. The van der Waals surface area contributed by atoms with Crippen molar-refractivity contribution >= 4 is 74.5 Å². The van der Waals surface area contributed by atoms with Crippen LogP contribution in [0.1, 0.15) is 10.4 Å². The molecule has 0 aliphatic heterocycles. The number of carbonyl (C=O) groups is 1. The third-order valence-corrected chi connectivity index (χ3v) is 5.14. The number of methoxy groups -OCH3 is 1. The van der Waals surface area contributed by atoms with Crippen molar-refractivity contribution in [3.8, 4) is 5.75 Å². The lowest BCUT2D eigenvalue weighted by Crippen LogP contribution is -2.56. The van der Waals surface area contributed by atoms with Crippen molar-refractivity contribution < 1.29 is 9.53 Å². The predicted molar refractivity (Wildman–Crippen MR) is 128 cm³/mol. The summed E-state index contributed by atoms with van der Waals surface area (Å²) in [5.74, 6) is -0.0845. The van der Waals surface area contributed by atoms with Crippen molar-refractivity contribution in [1.82, 2.24) is 10.6 Å². The number of benzene rings is 3. The molecule has 0 bridgehead atoms. The third-order valence-electron chi connectivity index (χ3n) is 4.27. The van der Waals surface area contributed by atoms with Crippen LogP contribution < -0.4 is 20.7 Å². The van der Waals surface area contributed by atoms with Gasteiger partial charge in [-0.05, 0) is 35.8 Å². The Morgan fingerprint density at radius 3 is 2.37 bits per heavy atom. The van der Waals surface area contributed by atoms with Crippen molar-refractivity contribution in [2.75, 3.05) is 12.4 Å². The summed E-state index contributed by atoms with van der Waals surface area (Å²) in [6.45, 7) is 0. The number of hydrogen-bond acceptors (Lipinski definition) is 3. The smallest absolute Gasteiger partial charge is 0.256 e. The number of nitrogens with one attached hydrogen (secondary N) is 3. The van der Waals surface area contributed by atoms with Crippen LogP contribution in [-0.2, 0) is 0 Å². The van der Waals surface area contributed by atoms with Crippen LogP contribution in [-0.4, -0.2) is 28.1 Å². The zero-order valence-electron chi connectivity index (χ0n) is 15.8. The molecule has 0 unspecified atom stereocenters. The van der Waals surface area contributed by atoms with Gasteiger partial charge >= 0.3 is 0 Å². The van der Waals surface area contributed by atoms with Gasteiger partial charge < -0.3 is 20.7 Å². The number of alkyl halides is 3. The van der Waals surface area contributed by atoms with Crippen LogP contribution in [0.4, 0.5) is 5.69 Å². The monoisotopic (exact) mass is 481 g/mol. The number of fused-ring (bicyclic) bond motifs is 1. The Labute approximate surface area is 194 Å². The molecule has 3 aromatic rings. The summed E-state index contributed by atoms with van der Waals surface area (Å²) in [5.41, 5.74) is 1.08. The minimum absolute atomic E-state index is 0.183. The summed E-state index contributed by atoms with van der Waals surface area (Å²) in [6, 6.07) is 20.4. The number of anilines is 1. The lowest BCUT2D eigenvalue weighted by atomic mass is 10.1. The lowest BCUT2D eigenvalue weighted by Gasteiger charge is -2.28. The van der Waals surface area contributed by atoms with E-state index in [0.29, 0.717) is 11.3 Å². The van der Waals surface area contributed by atoms with Crippen molar-refractivity contribution in [3.05, 3.63) is 72.3 Å². The van der Waals surface area contributed by atoms with Crippen LogP contribution in [0.3, 0.4) is 0 Å². The highest BCUT2D eigenvalue weighted by atomic mass is 35.6. The van der Waals surface area contributed by atoms with Gasteiger partial charge in [0, 0.05) is 11.1 Å². The first-order chi connectivity index (χ1) is 14.3. The van der Waals surface area contributed by atoms with E-state index in [2.05, 4.69) is 16.0 Å². The van der Waals surface area contributed by atoms with Crippen molar-refractivity contribution in [2.45, 2.75) is 9.96 Å². The molecule has 0 fully saturated rings. The zero-order chi connectivity index (χ0) is 21.7. The summed E-state index contributed by atoms with van der Waals surface area (Å²) >= 11 is 23.6. The van der Waals surface area contributed by atoms with Gasteiger partial charge in [0.25, 0.3) is 5.91 Å². The van der Waals surface area contributed by atoms with Crippen LogP contribution in [0.15, 0.2) is 66.7 Å². The molecule has 0 saturated heterocycles. The summed E-state index contributed by atoms with van der Waals surface area (Å²) in [6.07, 6.45) is -1.10. The van der Waals surface area contributed by atoms with Gasteiger partial charge in [-0.15, -0.1) is 0 Å². The Bertz CT molecular complexity index is 1070. The number of halogens is 3. The summed E-state index contributed by atoms with van der Waals surface area (Å²) < 4.78 is 3.34. The molecule has 1 amide bonds. The maximum atomic E-state index is 12.7. The normalized spacial score (nSPS) is 12.1. The quantitative estimate of drug-likeness (QED) is 0.263. The van der Waals surface area contributed by atoms with Crippen LogP contribution >= 0.6 is 47.0 Å². The van der Waals surface area contributed by atoms with E-state index in [1.807, 2.05) is 42.5 Å². The number of thiocarbonyl (C=S) groups is 1. The number of rotatable bonds is 5. The Hall–Kier alpha value is -2.25. The van der Waals surface area contributed by atoms with E-state index in [1.54, 1.807) is 24.3 Å². The third kappa shape index (κ3) is 5.46. The Balaban J connectivity index is 1.76.